The summed E-state index contributed by atoms with van der Waals surface area (Å²) in [6.07, 6.45) is 6.66. The molecular weight excluding hydrogens is 425 g/mol. The van der Waals surface area contributed by atoms with E-state index in [1.54, 1.807) is 11.9 Å². The Morgan fingerprint density at radius 1 is 1.31 bits per heavy atom. The van der Waals surface area contributed by atoms with Crippen molar-refractivity contribution in [3.8, 4) is 5.75 Å². The number of benzene rings is 1. The fourth-order valence-corrected chi connectivity index (χ4v) is 3.68. The molecule has 0 radical (unpaired) electrons. The lowest BCUT2D eigenvalue weighted by atomic mass is 10.0. The van der Waals surface area contributed by atoms with Crippen molar-refractivity contribution in [3.63, 3.8) is 0 Å². The maximum Gasteiger partial charge on any atom is 0.167 e. The lowest BCUT2D eigenvalue weighted by Gasteiger charge is -2.34. The molecule has 3 N–H and O–H groups in total. The molecule has 2 rings (SSSR count). The predicted molar refractivity (Wildman–Crippen MR) is 135 cm³/mol. The van der Waals surface area contributed by atoms with Crippen molar-refractivity contribution in [1.29, 1.82) is 5.41 Å². The highest BCUT2D eigenvalue weighted by atomic mass is 32.2. The summed E-state index contributed by atoms with van der Waals surface area (Å²) >= 11 is 1.75. The van der Waals surface area contributed by atoms with E-state index < -0.39 is 5.82 Å². The minimum Gasteiger partial charge on any atom is -0.488 e. The molecule has 0 amide bonds. The van der Waals surface area contributed by atoms with Crippen molar-refractivity contribution in [1.82, 2.24) is 9.21 Å². The Labute approximate surface area is 196 Å². The summed E-state index contributed by atoms with van der Waals surface area (Å²) in [7, 11) is 0. The third-order valence-electron chi connectivity index (χ3n) is 5.29. The normalized spacial score (nSPS) is 16.6. The standard InChI is InChI=1S/C24H36FN5OS/c1-7-17(4)15-28-23(29-8-10-30(32-6)11-9-29)12-18(5)24(27)19-13-22(31-16(2)3)20(25)14-21(19)26/h12-17,27H,5,7-11,26H2,1-4,6H3/b23-12+,27-24?,28-15-. The average Bonchev–Trinajstić information content (AvgIpc) is 2.77. The lowest BCUT2D eigenvalue weighted by Crippen LogP contribution is -2.42. The topological polar surface area (TPSA) is 77.9 Å². The van der Waals surface area contributed by atoms with E-state index in [2.05, 4.69) is 35.9 Å². The predicted octanol–water partition coefficient (Wildman–Crippen LogP) is 4.97. The van der Waals surface area contributed by atoms with E-state index in [4.69, 9.17) is 20.9 Å². The van der Waals surface area contributed by atoms with Crippen LogP contribution in [-0.2, 0) is 0 Å². The van der Waals surface area contributed by atoms with Crippen LogP contribution in [0.2, 0.25) is 0 Å². The number of ether oxygens (including phenoxy) is 1. The first kappa shape index (κ1) is 25.9. The molecule has 0 aliphatic carbocycles. The van der Waals surface area contributed by atoms with E-state index in [1.165, 1.54) is 12.1 Å². The minimum atomic E-state index is -0.542. The van der Waals surface area contributed by atoms with Crippen molar-refractivity contribution >= 4 is 29.6 Å². The number of halogens is 1. The number of anilines is 1. The molecule has 1 aliphatic heterocycles. The van der Waals surface area contributed by atoms with Crippen molar-refractivity contribution in [2.75, 3.05) is 38.2 Å². The molecule has 1 heterocycles. The van der Waals surface area contributed by atoms with Gasteiger partial charge >= 0.3 is 0 Å². The first-order valence-electron chi connectivity index (χ1n) is 11.0. The number of allylic oxidation sites excluding steroid dienone is 2. The Balaban J connectivity index is 2.32. The molecule has 1 fully saturated rings. The largest absolute Gasteiger partial charge is 0.488 e. The van der Waals surface area contributed by atoms with Gasteiger partial charge in [0.05, 0.1) is 11.8 Å². The smallest absolute Gasteiger partial charge is 0.167 e. The fourth-order valence-electron chi connectivity index (χ4n) is 3.15. The summed E-state index contributed by atoms with van der Waals surface area (Å²) in [4.78, 5) is 6.96. The molecule has 1 aromatic carbocycles. The SMILES string of the molecule is C=C(/C=C(\N=C/C(C)CC)N1CCN(SC)CC1)C(=N)c1cc(OC(C)C)c(F)cc1N. The van der Waals surface area contributed by atoms with Crippen LogP contribution in [0.3, 0.4) is 0 Å². The number of nitrogens with zero attached hydrogens (tertiary/aromatic N) is 3. The molecule has 32 heavy (non-hydrogen) atoms. The number of nitrogens with two attached hydrogens (primary N) is 1. The highest BCUT2D eigenvalue weighted by Crippen LogP contribution is 2.27. The summed E-state index contributed by atoms with van der Waals surface area (Å²) < 4.78 is 22.1. The maximum absolute atomic E-state index is 14.2. The first-order valence-corrected chi connectivity index (χ1v) is 12.2. The van der Waals surface area contributed by atoms with Gasteiger partial charge in [-0.1, -0.05) is 32.4 Å². The molecule has 1 aromatic rings. The first-order chi connectivity index (χ1) is 15.2. The maximum atomic E-state index is 14.2. The molecule has 0 saturated carbocycles. The van der Waals surface area contributed by atoms with Crippen LogP contribution in [0.5, 0.6) is 5.75 Å². The van der Waals surface area contributed by atoms with Gasteiger partial charge in [0.1, 0.15) is 5.82 Å². The van der Waals surface area contributed by atoms with Gasteiger partial charge in [-0.3, -0.25) is 5.41 Å². The second kappa shape index (κ2) is 12.1. The number of nitrogens with one attached hydrogen (secondary N) is 1. The van der Waals surface area contributed by atoms with Gasteiger partial charge in [-0.15, -0.1) is 0 Å². The van der Waals surface area contributed by atoms with Crippen LogP contribution in [0.15, 0.2) is 41.2 Å². The Bertz CT molecular complexity index is 875. The summed E-state index contributed by atoms with van der Waals surface area (Å²) in [5.74, 6) is 0.663. The number of rotatable bonds is 10. The molecule has 0 bridgehead atoms. The van der Waals surface area contributed by atoms with Crippen LogP contribution in [0.4, 0.5) is 10.1 Å². The van der Waals surface area contributed by atoms with Crippen molar-refractivity contribution < 1.29 is 9.13 Å². The lowest BCUT2D eigenvalue weighted by molar-refractivity contribution is 0.231. The third kappa shape index (κ3) is 7.10. The monoisotopic (exact) mass is 461 g/mol. The van der Waals surface area contributed by atoms with Crippen molar-refractivity contribution in [2.24, 2.45) is 10.9 Å². The number of nitrogen functional groups attached to an aromatic ring is 1. The van der Waals surface area contributed by atoms with Crippen molar-refractivity contribution in [2.45, 2.75) is 40.2 Å². The zero-order chi connectivity index (χ0) is 23.8. The Kier molecular flexibility index (Phi) is 9.78. The van der Waals surface area contributed by atoms with Gasteiger partial charge in [0.15, 0.2) is 11.6 Å². The van der Waals surface area contributed by atoms with E-state index in [0.717, 1.165) is 38.4 Å². The van der Waals surface area contributed by atoms with E-state index in [9.17, 15) is 4.39 Å². The Morgan fingerprint density at radius 3 is 2.53 bits per heavy atom. The van der Waals surface area contributed by atoms with Gasteiger partial charge in [-0.2, -0.15) is 0 Å². The molecule has 0 aromatic heterocycles. The number of hydrogen-bond donors (Lipinski definition) is 2. The highest BCUT2D eigenvalue weighted by Gasteiger charge is 2.20. The molecule has 8 heteroatoms. The van der Waals surface area contributed by atoms with Gasteiger partial charge in [0.25, 0.3) is 0 Å². The van der Waals surface area contributed by atoms with Crippen LogP contribution < -0.4 is 10.5 Å². The summed E-state index contributed by atoms with van der Waals surface area (Å²) in [5.41, 5.74) is 7.18. The van der Waals surface area contributed by atoms with Gasteiger partial charge in [0, 0.05) is 49.7 Å². The van der Waals surface area contributed by atoms with Gasteiger partial charge in [-0.05, 0) is 50.2 Å². The molecule has 1 unspecified atom stereocenters. The Hall–Kier alpha value is -2.32. The minimum absolute atomic E-state index is 0.0777. The molecule has 0 spiro atoms. The second-order valence-electron chi connectivity index (χ2n) is 8.20. The van der Waals surface area contributed by atoms with E-state index >= 15 is 0 Å². The Morgan fingerprint density at radius 2 is 1.97 bits per heavy atom. The van der Waals surface area contributed by atoms with Crippen LogP contribution in [-0.4, -0.2) is 59.7 Å². The van der Waals surface area contributed by atoms with Crippen LogP contribution in [0, 0.1) is 17.1 Å². The summed E-state index contributed by atoms with van der Waals surface area (Å²) in [5, 5.41) is 8.66. The molecule has 6 nitrogen and oxygen atoms in total. The molecule has 1 saturated heterocycles. The fraction of sp³-hybridized carbons (Fsp3) is 0.500. The van der Waals surface area contributed by atoms with Gasteiger partial charge in [-0.25, -0.2) is 13.7 Å². The number of piperazine rings is 1. The molecule has 176 valence electrons. The van der Waals surface area contributed by atoms with E-state index in [-0.39, 0.29) is 23.3 Å². The average molecular weight is 462 g/mol. The molecular formula is C24H36FN5OS. The molecule has 1 atom stereocenters. The molecule has 1 aliphatic rings. The number of hydrogen-bond acceptors (Lipinski definition) is 7. The summed E-state index contributed by atoms with van der Waals surface area (Å²) in [6, 6.07) is 2.67. The van der Waals surface area contributed by atoms with Crippen LogP contribution in [0.1, 0.15) is 39.7 Å². The van der Waals surface area contributed by atoms with E-state index in [0.29, 0.717) is 17.1 Å². The van der Waals surface area contributed by atoms with Crippen LogP contribution in [0.25, 0.3) is 0 Å². The zero-order valence-corrected chi connectivity index (χ0v) is 20.6. The van der Waals surface area contributed by atoms with Crippen LogP contribution >= 0.6 is 11.9 Å². The second-order valence-corrected chi connectivity index (χ2v) is 9.08. The van der Waals surface area contributed by atoms with Gasteiger partial charge in [0.2, 0.25) is 0 Å². The number of aliphatic imine (C=N–C) groups is 1. The zero-order valence-electron chi connectivity index (χ0n) is 19.8. The quantitative estimate of drug-likeness (QED) is 0.223. The third-order valence-corrected chi connectivity index (χ3v) is 6.17. The van der Waals surface area contributed by atoms with Crippen molar-refractivity contribution in [3.05, 3.63) is 47.6 Å². The summed E-state index contributed by atoms with van der Waals surface area (Å²) in [6.45, 7) is 15.5. The van der Waals surface area contributed by atoms with E-state index in [1.807, 2.05) is 26.1 Å². The highest BCUT2D eigenvalue weighted by molar-refractivity contribution is 7.96. The van der Waals surface area contributed by atoms with Gasteiger partial charge < -0.3 is 15.4 Å².